The minimum Gasteiger partial charge on any atom is -0.504 e. The first kappa shape index (κ1) is 26.7. The molecule has 0 aliphatic rings. The van der Waals surface area contributed by atoms with Gasteiger partial charge in [0.15, 0.2) is 11.5 Å². The number of carbonyl (C=O) groups excluding carboxylic acids is 2. The van der Waals surface area contributed by atoms with Crippen molar-refractivity contribution in [3.8, 4) is 11.5 Å². The molecule has 0 unspecified atom stereocenters. The number of nitrogens with one attached hydrogen (secondary N) is 1. The van der Waals surface area contributed by atoms with E-state index in [0.717, 1.165) is 56.9 Å². The van der Waals surface area contributed by atoms with Gasteiger partial charge in [-0.3, -0.25) is 9.59 Å². The molecule has 1 aromatic rings. The highest BCUT2D eigenvalue weighted by atomic mass is 16.5. The van der Waals surface area contributed by atoms with Crippen molar-refractivity contribution in [2.75, 3.05) is 7.11 Å². The molecule has 5 heteroatoms. The summed E-state index contributed by atoms with van der Waals surface area (Å²) in [5, 5.41) is 12.5. The number of benzene rings is 1. The van der Waals surface area contributed by atoms with Crippen molar-refractivity contribution in [2.45, 2.75) is 96.9 Å². The zero-order valence-corrected chi connectivity index (χ0v) is 19.5. The normalized spacial score (nSPS) is 11.0. The zero-order chi connectivity index (χ0) is 22.7. The van der Waals surface area contributed by atoms with Gasteiger partial charge in [0, 0.05) is 25.8 Å². The monoisotopic (exact) mass is 431 g/mol. The van der Waals surface area contributed by atoms with Crippen LogP contribution >= 0.6 is 0 Å². The van der Waals surface area contributed by atoms with Gasteiger partial charge in [0.1, 0.15) is 5.78 Å². The van der Waals surface area contributed by atoms with Crippen LogP contribution < -0.4 is 10.1 Å². The number of methoxy groups -OCH3 is 1. The predicted octanol–water partition coefficient (Wildman–Crippen LogP) is 6.23. The highest BCUT2D eigenvalue weighted by Gasteiger charge is 2.05. The molecule has 0 heterocycles. The predicted molar refractivity (Wildman–Crippen MR) is 126 cm³/mol. The van der Waals surface area contributed by atoms with E-state index in [1.165, 1.54) is 26.4 Å². The smallest absolute Gasteiger partial charge is 0.220 e. The maximum Gasteiger partial charge on any atom is 0.220 e. The van der Waals surface area contributed by atoms with E-state index in [2.05, 4.69) is 18.3 Å². The summed E-state index contributed by atoms with van der Waals surface area (Å²) in [6.07, 6.45) is 17.0. The molecule has 2 N–H and O–H groups in total. The van der Waals surface area contributed by atoms with Crippen molar-refractivity contribution in [1.29, 1.82) is 0 Å². The first-order chi connectivity index (χ1) is 15.1. The minimum absolute atomic E-state index is 0.0503. The van der Waals surface area contributed by atoms with E-state index in [1.54, 1.807) is 18.2 Å². The Morgan fingerprint density at radius 1 is 0.968 bits per heavy atom. The first-order valence-corrected chi connectivity index (χ1v) is 11.9. The average molecular weight is 432 g/mol. The van der Waals surface area contributed by atoms with Crippen LogP contribution in [0, 0.1) is 0 Å². The fourth-order valence-corrected chi connectivity index (χ4v) is 3.38. The minimum atomic E-state index is 0.0503. The zero-order valence-electron chi connectivity index (χ0n) is 19.5. The van der Waals surface area contributed by atoms with Gasteiger partial charge in [0.25, 0.3) is 0 Å². The van der Waals surface area contributed by atoms with Gasteiger partial charge in [-0.05, 0) is 43.4 Å². The van der Waals surface area contributed by atoms with Crippen molar-refractivity contribution in [3.05, 3.63) is 35.9 Å². The highest BCUT2D eigenvalue weighted by Crippen LogP contribution is 2.26. The maximum atomic E-state index is 12.0. The second kappa shape index (κ2) is 17.4. The summed E-state index contributed by atoms with van der Waals surface area (Å²) in [4.78, 5) is 23.7. The molecular formula is C26H41NO4. The Morgan fingerprint density at radius 3 is 2.45 bits per heavy atom. The van der Waals surface area contributed by atoms with Crippen LogP contribution in [-0.4, -0.2) is 23.9 Å². The second-order valence-electron chi connectivity index (χ2n) is 8.11. The summed E-state index contributed by atoms with van der Waals surface area (Å²) in [5.41, 5.74) is 0.897. The van der Waals surface area contributed by atoms with Gasteiger partial charge in [-0.15, -0.1) is 0 Å². The number of Topliss-reactive ketones (excluding diaryl/α,β-unsaturated/α-hetero) is 1. The summed E-state index contributed by atoms with van der Waals surface area (Å²) in [6.45, 7) is 2.61. The van der Waals surface area contributed by atoms with Crippen LogP contribution in [0.2, 0.25) is 0 Å². The molecule has 0 atom stereocenters. The number of aromatic hydroxyl groups is 1. The number of rotatable bonds is 18. The van der Waals surface area contributed by atoms with Gasteiger partial charge >= 0.3 is 0 Å². The molecule has 0 aromatic heterocycles. The van der Waals surface area contributed by atoms with Crippen molar-refractivity contribution in [1.82, 2.24) is 5.32 Å². The quantitative estimate of drug-likeness (QED) is 0.213. The lowest BCUT2D eigenvalue weighted by Crippen LogP contribution is -2.22. The summed E-state index contributed by atoms with van der Waals surface area (Å²) >= 11 is 0. The molecule has 0 radical (unpaired) electrons. The van der Waals surface area contributed by atoms with Gasteiger partial charge in [0.05, 0.1) is 7.11 Å². The van der Waals surface area contributed by atoms with E-state index < -0.39 is 0 Å². The van der Waals surface area contributed by atoms with Crippen molar-refractivity contribution in [2.24, 2.45) is 0 Å². The molecule has 174 valence electrons. The molecule has 1 amide bonds. The van der Waals surface area contributed by atoms with Crippen LogP contribution in [0.1, 0.15) is 96.0 Å². The Balaban J connectivity index is 1.97. The summed E-state index contributed by atoms with van der Waals surface area (Å²) in [6, 6.07) is 5.08. The lowest BCUT2D eigenvalue weighted by molar-refractivity contribution is -0.121. The molecule has 5 nitrogen and oxygen atoms in total. The number of phenols is 1. The van der Waals surface area contributed by atoms with E-state index in [1.807, 2.05) is 6.08 Å². The molecule has 0 fully saturated rings. The third-order valence-electron chi connectivity index (χ3n) is 5.33. The summed E-state index contributed by atoms with van der Waals surface area (Å²) in [5.74, 6) is 0.916. The Hall–Kier alpha value is -2.30. The van der Waals surface area contributed by atoms with Crippen LogP contribution in [0.5, 0.6) is 11.5 Å². The number of allylic oxidation sites excluding steroid dienone is 2. The molecule has 0 saturated carbocycles. The molecule has 0 spiro atoms. The Kier molecular flexibility index (Phi) is 15.0. The standard InChI is InChI=1S/C26H41NO4/c1-3-4-5-12-15-23(28)16-13-10-8-6-7-9-11-14-17-26(30)27-21-22-18-19-24(29)25(20-22)31-2/h10,13,18-20,29H,3-9,11-12,14-17,21H2,1-2H3,(H,27,30)/b13-10+. The lowest BCUT2D eigenvalue weighted by Gasteiger charge is -2.08. The molecule has 1 rings (SSSR count). The first-order valence-electron chi connectivity index (χ1n) is 11.9. The number of amides is 1. The van der Waals surface area contributed by atoms with Gasteiger partial charge in [-0.1, -0.05) is 63.7 Å². The van der Waals surface area contributed by atoms with Crippen LogP contribution in [0.25, 0.3) is 0 Å². The Morgan fingerprint density at radius 2 is 1.68 bits per heavy atom. The SMILES string of the molecule is CCCCCCC(=O)C/C=C/CCCCCCCC(=O)NCc1ccc(O)c(OC)c1. The fraction of sp³-hybridized carbons (Fsp3) is 0.615. The van der Waals surface area contributed by atoms with E-state index >= 15 is 0 Å². The van der Waals surface area contributed by atoms with E-state index in [0.29, 0.717) is 30.9 Å². The summed E-state index contributed by atoms with van der Waals surface area (Å²) in [7, 11) is 1.51. The van der Waals surface area contributed by atoms with Crippen LogP contribution in [-0.2, 0) is 16.1 Å². The number of unbranched alkanes of at least 4 members (excludes halogenated alkanes) is 8. The molecule has 0 bridgehead atoms. The van der Waals surface area contributed by atoms with Gasteiger partial charge < -0.3 is 15.2 Å². The number of hydrogen-bond acceptors (Lipinski definition) is 4. The number of ketones is 1. The molecule has 0 saturated heterocycles. The molecule has 0 aliphatic carbocycles. The number of hydrogen-bond donors (Lipinski definition) is 2. The number of carbonyl (C=O) groups is 2. The Labute approximate surface area is 188 Å². The molecular weight excluding hydrogens is 390 g/mol. The van der Waals surface area contributed by atoms with Crippen LogP contribution in [0.3, 0.4) is 0 Å². The maximum absolute atomic E-state index is 12.0. The van der Waals surface area contributed by atoms with E-state index in [-0.39, 0.29) is 11.7 Å². The van der Waals surface area contributed by atoms with E-state index in [9.17, 15) is 14.7 Å². The van der Waals surface area contributed by atoms with Crippen LogP contribution in [0.15, 0.2) is 30.4 Å². The molecule has 31 heavy (non-hydrogen) atoms. The van der Waals surface area contributed by atoms with Gasteiger partial charge in [-0.25, -0.2) is 0 Å². The number of ether oxygens (including phenoxy) is 1. The van der Waals surface area contributed by atoms with Crippen molar-refractivity contribution < 1.29 is 19.4 Å². The summed E-state index contributed by atoms with van der Waals surface area (Å²) < 4.78 is 5.08. The van der Waals surface area contributed by atoms with E-state index in [4.69, 9.17) is 4.74 Å². The largest absolute Gasteiger partial charge is 0.504 e. The van der Waals surface area contributed by atoms with Crippen molar-refractivity contribution >= 4 is 11.7 Å². The average Bonchev–Trinajstić information content (AvgIpc) is 2.77. The third-order valence-corrected chi connectivity index (χ3v) is 5.33. The topological polar surface area (TPSA) is 75.6 Å². The van der Waals surface area contributed by atoms with Crippen LogP contribution in [0.4, 0.5) is 0 Å². The highest BCUT2D eigenvalue weighted by molar-refractivity contribution is 5.79. The van der Waals surface area contributed by atoms with Gasteiger partial charge in [-0.2, -0.15) is 0 Å². The van der Waals surface area contributed by atoms with Crippen molar-refractivity contribution in [3.63, 3.8) is 0 Å². The molecule has 1 aromatic carbocycles. The number of phenolic OH excluding ortho intramolecular Hbond substituents is 1. The second-order valence-corrected chi connectivity index (χ2v) is 8.11. The lowest BCUT2D eigenvalue weighted by atomic mass is 10.1. The third kappa shape index (κ3) is 13.6. The molecule has 0 aliphatic heterocycles. The fourth-order valence-electron chi connectivity index (χ4n) is 3.38. The van der Waals surface area contributed by atoms with Gasteiger partial charge in [0.2, 0.25) is 5.91 Å². The Bertz CT molecular complexity index is 669.